The molecule has 4 atom stereocenters. The number of aromatic hydroxyl groups is 1. The van der Waals surface area contributed by atoms with E-state index in [2.05, 4.69) is 32.2 Å². The summed E-state index contributed by atoms with van der Waals surface area (Å²) >= 11 is 0. The first kappa shape index (κ1) is 29.3. The van der Waals surface area contributed by atoms with Crippen LogP contribution in [-0.2, 0) is 16.1 Å². The van der Waals surface area contributed by atoms with Crippen molar-refractivity contribution in [2.75, 3.05) is 0 Å². The molecule has 0 aromatic heterocycles. The molecule has 5 heteroatoms. The lowest BCUT2D eigenvalue weighted by molar-refractivity contribution is -0.137. The van der Waals surface area contributed by atoms with Crippen LogP contribution < -0.4 is 5.32 Å². The van der Waals surface area contributed by atoms with E-state index in [0.29, 0.717) is 19.4 Å². The minimum absolute atomic E-state index is 0.00543. The van der Waals surface area contributed by atoms with E-state index in [1.54, 1.807) is 0 Å². The predicted molar refractivity (Wildman–Crippen MR) is 149 cm³/mol. The van der Waals surface area contributed by atoms with Crippen LogP contribution in [0.3, 0.4) is 0 Å². The van der Waals surface area contributed by atoms with Gasteiger partial charge in [0, 0.05) is 36.4 Å². The van der Waals surface area contributed by atoms with Crippen molar-refractivity contribution < 1.29 is 19.1 Å². The number of carbonyl (C=O) groups excluding carboxylic acids is 2. The number of hydrogen-bond donors (Lipinski definition) is 2. The zero-order valence-corrected chi connectivity index (χ0v) is 23.8. The molecule has 4 unspecified atom stereocenters. The minimum Gasteiger partial charge on any atom is -0.508 e. The van der Waals surface area contributed by atoms with Crippen LogP contribution in [0.2, 0.25) is 0 Å². The fourth-order valence-electron chi connectivity index (χ4n) is 5.76. The Morgan fingerprint density at radius 1 is 1.22 bits per heavy atom. The molecule has 2 fully saturated rings. The highest BCUT2D eigenvalue weighted by atomic mass is 19.1. The van der Waals surface area contributed by atoms with Gasteiger partial charge < -0.3 is 10.4 Å². The molecule has 4 nitrogen and oxygen atoms in total. The van der Waals surface area contributed by atoms with Crippen LogP contribution in [0, 0.1) is 23.2 Å². The van der Waals surface area contributed by atoms with E-state index >= 15 is 0 Å². The quantitative estimate of drug-likeness (QED) is 0.305. The van der Waals surface area contributed by atoms with Gasteiger partial charge in [0.2, 0.25) is 0 Å². The third-order valence-electron chi connectivity index (χ3n) is 8.69. The van der Waals surface area contributed by atoms with Gasteiger partial charge in [0.25, 0.3) is 0 Å². The zero-order valence-electron chi connectivity index (χ0n) is 23.8. The molecule has 1 aromatic rings. The average Bonchev–Trinajstić information content (AvgIpc) is 3.39. The van der Waals surface area contributed by atoms with E-state index in [4.69, 9.17) is 0 Å². The second kappa shape index (κ2) is 11.6. The normalized spacial score (nSPS) is 23.6. The number of benzene rings is 1. The van der Waals surface area contributed by atoms with Gasteiger partial charge in [-0.1, -0.05) is 51.5 Å². The Hall–Kier alpha value is -2.27. The standard InChI is InChI=1S/C32H46FNO3/c1-8-10-20(2)21(3)23-13-14-24(28(35)17-23)19-34-22(4)25-11-9-12-26(25)30(37)27(31(5,6)7)18-29(36)32(33)15-16-32/h8,10,13-14,17,22,25-27,34-35H,9,11-12,15-16,18-19H2,1-7H3/b10-8-,21-20+. The molecule has 3 rings (SSSR count). The number of phenolic OH excluding ortho intramolecular Hbond substituents is 1. The molecule has 0 amide bonds. The Balaban J connectivity index is 1.67. The summed E-state index contributed by atoms with van der Waals surface area (Å²) < 4.78 is 14.4. The van der Waals surface area contributed by atoms with Gasteiger partial charge in [-0.15, -0.1) is 0 Å². The Morgan fingerprint density at radius 2 is 1.89 bits per heavy atom. The van der Waals surface area contributed by atoms with Crippen molar-refractivity contribution in [2.45, 2.75) is 105 Å². The number of Topliss-reactive ketones (excluding diaryl/α,β-unsaturated/α-hetero) is 2. The highest BCUT2D eigenvalue weighted by Gasteiger charge is 2.52. The number of carbonyl (C=O) groups is 2. The molecule has 0 heterocycles. The number of allylic oxidation sites excluding steroid dienone is 4. The van der Waals surface area contributed by atoms with Crippen LogP contribution >= 0.6 is 0 Å². The van der Waals surface area contributed by atoms with E-state index < -0.39 is 22.8 Å². The van der Waals surface area contributed by atoms with Gasteiger partial charge in [0.15, 0.2) is 11.5 Å². The Kier molecular flexibility index (Phi) is 9.21. The molecule has 2 aliphatic rings. The highest BCUT2D eigenvalue weighted by Crippen LogP contribution is 2.46. The maximum Gasteiger partial charge on any atom is 0.170 e. The molecule has 0 saturated heterocycles. The summed E-state index contributed by atoms with van der Waals surface area (Å²) in [5.74, 6) is -0.464. The van der Waals surface area contributed by atoms with Crippen molar-refractivity contribution in [3.8, 4) is 5.75 Å². The van der Waals surface area contributed by atoms with Crippen LogP contribution in [-0.4, -0.2) is 28.4 Å². The lowest BCUT2D eigenvalue weighted by atomic mass is 9.69. The Labute approximate surface area is 222 Å². The first-order valence-corrected chi connectivity index (χ1v) is 13.9. The van der Waals surface area contributed by atoms with Crippen LogP contribution in [0.25, 0.3) is 5.57 Å². The minimum atomic E-state index is -1.69. The zero-order chi connectivity index (χ0) is 27.5. The molecule has 2 aliphatic carbocycles. The fourth-order valence-corrected chi connectivity index (χ4v) is 5.76. The number of hydrogen-bond acceptors (Lipinski definition) is 4. The van der Waals surface area contributed by atoms with Crippen LogP contribution in [0.4, 0.5) is 4.39 Å². The van der Waals surface area contributed by atoms with Gasteiger partial charge in [0.05, 0.1) is 0 Å². The van der Waals surface area contributed by atoms with Crippen LogP contribution in [0.15, 0.2) is 35.9 Å². The van der Waals surface area contributed by atoms with Crippen molar-refractivity contribution in [2.24, 2.45) is 23.2 Å². The molecule has 0 aliphatic heterocycles. The van der Waals surface area contributed by atoms with Crippen molar-refractivity contribution in [3.05, 3.63) is 47.1 Å². The lowest BCUT2D eigenvalue weighted by Gasteiger charge is -2.34. The maximum absolute atomic E-state index is 14.4. The molecule has 0 radical (unpaired) electrons. The first-order chi connectivity index (χ1) is 17.3. The first-order valence-electron chi connectivity index (χ1n) is 13.9. The molecular weight excluding hydrogens is 465 g/mol. The van der Waals surface area contributed by atoms with Crippen LogP contribution in [0.1, 0.15) is 98.1 Å². The van der Waals surface area contributed by atoms with Gasteiger partial charge in [0.1, 0.15) is 11.5 Å². The van der Waals surface area contributed by atoms with E-state index in [9.17, 15) is 19.1 Å². The maximum atomic E-state index is 14.4. The smallest absolute Gasteiger partial charge is 0.170 e. The number of alkyl halides is 1. The van der Waals surface area contributed by atoms with Gasteiger partial charge >= 0.3 is 0 Å². The number of halogens is 1. The summed E-state index contributed by atoms with van der Waals surface area (Å²) in [6, 6.07) is 5.88. The summed E-state index contributed by atoms with van der Waals surface area (Å²) in [5.41, 5.74) is 2.02. The van der Waals surface area contributed by atoms with Gasteiger partial charge in [-0.25, -0.2) is 4.39 Å². The molecule has 0 bridgehead atoms. The third kappa shape index (κ3) is 6.98. The van der Waals surface area contributed by atoms with E-state index in [-0.39, 0.29) is 35.8 Å². The largest absolute Gasteiger partial charge is 0.508 e. The van der Waals surface area contributed by atoms with E-state index in [1.165, 1.54) is 0 Å². The molecule has 2 saturated carbocycles. The van der Waals surface area contributed by atoms with E-state index in [0.717, 1.165) is 41.5 Å². The SMILES string of the molecule is C/C=C\C(C)=C(/C)c1ccc(CNC(C)C2CCCC2C(=O)C(CC(=O)C2(F)CC2)C(C)(C)C)c(O)c1. The molecule has 2 N–H and O–H groups in total. The molecule has 204 valence electrons. The Morgan fingerprint density at radius 3 is 2.46 bits per heavy atom. The topological polar surface area (TPSA) is 66.4 Å². The van der Waals surface area contributed by atoms with Gasteiger partial charge in [-0.3, -0.25) is 9.59 Å². The van der Waals surface area contributed by atoms with Crippen molar-refractivity contribution in [3.63, 3.8) is 0 Å². The summed E-state index contributed by atoms with van der Waals surface area (Å²) in [4.78, 5) is 26.3. The second-order valence-corrected chi connectivity index (χ2v) is 12.4. The monoisotopic (exact) mass is 511 g/mol. The number of ketones is 2. The van der Waals surface area contributed by atoms with Gasteiger partial charge in [-0.2, -0.15) is 0 Å². The highest BCUT2D eigenvalue weighted by molar-refractivity contribution is 5.95. The molecule has 37 heavy (non-hydrogen) atoms. The summed E-state index contributed by atoms with van der Waals surface area (Å²) in [7, 11) is 0. The number of phenols is 1. The molecular formula is C32H46FNO3. The Bertz CT molecular complexity index is 1060. The van der Waals surface area contributed by atoms with E-state index in [1.807, 2.05) is 52.0 Å². The molecule has 1 aromatic carbocycles. The average molecular weight is 512 g/mol. The summed E-state index contributed by atoms with van der Waals surface area (Å²) in [5, 5.41) is 14.2. The van der Waals surface area contributed by atoms with Crippen LogP contribution in [0.5, 0.6) is 5.75 Å². The lowest BCUT2D eigenvalue weighted by Crippen LogP contribution is -2.42. The van der Waals surface area contributed by atoms with Gasteiger partial charge in [-0.05, 0) is 87.5 Å². The predicted octanol–water partition coefficient (Wildman–Crippen LogP) is 7.35. The van der Waals surface area contributed by atoms with Crippen molar-refractivity contribution in [1.82, 2.24) is 5.32 Å². The van der Waals surface area contributed by atoms with Crippen molar-refractivity contribution in [1.29, 1.82) is 0 Å². The number of nitrogens with one attached hydrogen (secondary N) is 1. The second-order valence-electron chi connectivity index (χ2n) is 12.4. The summed E-state index contributed by atoms with van der Waals surface area (Å²) in [6.45, 7) is 14.7. The fraction of sp³-hybridized carbons (Fsp3) is 0.625. The molecule has 0 spiro atoms. The summed E-state index contributed by atoms with van der Waals surface area (Å²) in [6.07, 6.45) is 7.39. The van der Waals surface area contributed by atoms with Crippen molar-refractivity contribution >= 4 is 17.1 Å². The third-order valence-corrected chi connectivity index (χ3v) is 8.69. The number of rotatable bonds is 11.